The van der Waals surface area contributed by atoms with Gasteiger partial charge in [0.25, 0.3) is 0 Å². The summed E-state index contributed by atoms with van der Waals surface area (Å²) in [5, 5.41) is 2.45. The van der Waals surface area contributed by atoms with E-state index >= 15 is 0 Å². The second-order valence-corrected chi connectivity index (χ2v) is 3.61. The zero-order valence-corrected chi connectivity index (χ0v) is 9.79. The van der Waals surface area contributed by atoms with Gasteiger partial charge < -0.3 is 5.32 Å². The van der Waals surface area contributed by atoms with E-state index in [4.69, 9.17) is 13.7 Å². The Balaban J connectivity index is 3.26. The van der Waals surface area contributed by atoms with E-state index < -0.39 is 39.1 Å². The third-order valence-electron chi connectivity index (χ3n) is 2.45. The fourth-order valence-corrected chi connectivity index (χ4v) is 1.33. The van der Waals surface area contributed by atoms with Crippen LogP contribution in [-0.4, -0.2) is 30.3 Å². The Morgan fingerprint density at radius 1 is 1.41 bits per heavy atom. The number of amides is 1. The first-order valence-corrected chi connectivity index (χ1v) is 5.07. The largest absolute Gasteiger partial charge is 0.325 e. The number of likely N-dealkylation sites (N-methyl/N-ethyl adjacent to an activating group) is 1. The Morgan fingerprint density at radius 2 is 2.12 bits per heavy atom. The van der Waals surface area contributed by atoms with Crippen LogP contribution in [0.1, 0.15) is 38.5 Å². The van der Waals surface area contributed by atoms with Crippen LogP contribution in [0.15, 0.2) is 18.2 Å². The van der Waals surface area contributed by atoms with E-state index in [0.717, 1.165) is 11.1 Å². The van der Waals surface area contributed by atoms with Crippen molar-refractivity contribution in [1.29, 1.82) is 0 Å². The van der Waals surface area contributed by atoms with Gasteiger partial charge in [-0.05, 0) is 44.0 Å². The number of aryl methyl sites for hydroxylation is 1. The van der Waals surface area contributed by atoms with E-state index in [0.29, 0.717) is 5.69 Å². The van der Waals surface area contributed by atoms with Crippen molar-refractivity contribution >= 4 is 11.6 Å². The van der Waals surface area contributed by atoms with Crippen molar-refractivity contribution in [3.05, 3.63) is 29.3 Å². The van der Waals surface area contributed by atoms with Crippen molar-refractivity contribution in [2.24, 2.45) is 0 Å². The standard InChI is InChI=1S/C14H22N2O/c1-5-16(6-2)10-14(17)15-13-9-7-8-11(3)12(13)4/h7-9H,5-6,10H2,1-4H3,(H,15,17)/i1D3,2D3,5D2,6D2. The van der Waals surface area contributed by atoms with Gasteiger partial charge in [-0.2, -0.15) is 0 Å². The average Bonchev–Trinajstić information content (AvgIpc) is 2.47. The van der Waals surface area contributed by atoms with Gasteiger partial charge in [0, 0.05) is 19.4 Å². The molecule has 0 aliphatic rings. The van der Waals surface area contributed by atoms with Crippen molar-refractivity contribution < 1.29 is 18.5 Å². The van der Waals surface area contributed by atoms with E-state index in [1.54, 1.807) is 32.0 Å². The van der Waals surface area contributed by atoms with Gasteiger partial charge in [0.05, 0.1) is 6.54 Å². The van der Waals surface area contributed by atoms with Crippen LogP contribution in [0.4, 0.5) is 5.69 Å². The van der Waals surface area contributed by atoms with Crippen molar-refractivity contribution in [2.45, 2.75) is 27.6 Å². The molecular weight excluding hydrogens is 212 g/mol. The van der Waals surface area contributed by atoms with E-state index in [9.17, 15) is 4.79 Å². The van der Waals surface area contributed by atoms with Gasteiger partial charge in [-0.3, -0.25) is 9.69 Å². The number of carbonyl (C=O) groups is 1. The van der Waals surface area contributed by atoms with Crippen molar-refractivity contribution in [3.8, 4) is 0 Å². The predicted octanol–water partition coefficient (Wildman–Crippen LogP) is 2.58. The first-order valence-electron chi connectivity index (χ1n) is 10.1. The Kier molecular flexibility index (Phi) is 1.92. The summed E-state index contributed by atoms with van der Waals surface area (Å²) in [6.45, 7) is -11.1. The summed E-state index contributed by atoms with van der Waals surface area (Å²) in [6.07, 6.45) is 0. The second-order valence-electron chi connectivity index (χ2n) is 3.61. The number of anilines is 1. The molecular formula is C14H22N2O. The molecule has 0 unspecified atom stereocenters. The van der Waals surface area contributed by atoms with E-state index in [-0.39, 0.29) is 4.90 Å². The summed E-state index contributed by atoms with van der Waals surface area (Å²) in [5.74, 6) is -0.940. The molecule has 0 bridgehead atoms. The fourth-order valence-electron chi connectivity index (χ4n) is 1.33. The summed E-state index contributed by atoms with van der Waals surface area (Å²) in [5.41, 5.74) is 1.96. The lowest BCUT2D eigenvalue weighted by Gasteiger charge is -2.18. The van der Waals surface area contributed by atoms with Gasteiger partial charge in [0.15, 0.2) is 0 Å². The summed E-state index contributed by atoms with van der Waals surface area (Å²) >= 11 is 0. The van der Waals surface area contributed by atoms with Crippen LogP contribution >= 0.6 is 0 Å². The lowest BCUT2D eigenvalue weighted by molar-refractivity contribution is -0.117. The van der Waals surface area contributed by atoms with Gasteiger partial charge in [0.1, 0.15) is 0 Å². The Bertz CT molecular complexity index is 670. The van der Waals surface area contributed by atoms with Crippen LogP contribution in [0, 0.1) is 13.8 Å². The Labute approximate surface area is 118 Å². The fraction of sp³-hybridized carbons (Fsp3) is 0.500. The van der Waals surface area contributed by atoms with Gasteiger partial charge in [-0.15, -0.1) is 0 Å². The molecule has 1 rings (SSSR count). The minimum Gasteiger partial charge on any atom is -0.325 e. The van der Waals surface area contributed by atoms with Gasteiger partial charge >= 0.3 is 0 Å². The quantitative estimate of drug-likeness (QED) is 0.863. The maximum absolute atomic E-state index is 12.4. The molecule has 1 aromatic carbocycles. The molecule has 0 fully saturated rings. The minimum atomic E-state index is -3.40. The van der Waals surface area contributed by atoms with Crippen molar-refractivity contribution in [2.75, 3.05) is 24.9 Å². The number of hydrogen-bond acceptors (Lipinski definition) is 2. The van der Waals surface area contributed by atoms with Crippen molar-refractivity contribution in [1.82, 2.24) is 4.90 Å². The Hall–Kier alpha value is -1.35. The highest BCUT2D eigenvalue weighted by atomic mass is 16.2. The maximum Gasteiger partial charge on any atom is 0.238 e. The molecule has 1 N–H and O–H groups in total. The molecule has 0 saturated heterocycles. The van der Waals surface area contributed by atoms with Gasteiger partial charge in [-0.1, -0.05) is 25.8 Å². The summed E-state index contributed by atoms with van der Waals surface area (Å²) in [4.78, 5) is 12.3. The topological polar surface area (TPSA) is 32.3 Å². The first kappa shape index (κ1) is 5.11. The van der Waals surface area contributed by atoms with Crippen LogP contribution in [0.3, 0.4) is 0 Å². The third kappa shape index (κ3) is 3.86. The molecule has 0 aromatic heterocycles. The zero-order valence-electron chi connectivity index (χ0n) is 19.8. The molecule has 3 nitrogen and oxygen atoms in total. The summed E-state index contributed by atoms with van der Waals surface area (Å²) < 4.78 is 75.0. The van der Waals surface area contributed by atoms with E-state index in [1.807, 2.05) is 0 Å². The molecule has 0 aliphatic heterocycles. The number of carbonyl (C=O) groups excluding carboxylic acids is 1. The number of rotatable bonds is 5. The maximum atomic E-state index is 12.4. The van der Waals surface area contributed by atoms with Crippen LogP contribution in [-0.2, 0) is 4.79 Å². The molecule has 0 atom stereocenters. The van der Waals surface area contributed by atoms with E-state index in [1.165, 1.54) is 0 Å². The minimum absolute atomic E-state index is 0.0690. The summed E-state index contributed by atoms with van der Waals surface area (Å²) in [7, 11) is 0. The first-order chi connectivity index (χ1) is 11.9. The lowest BCUT2D eigenvalue weighted by Crippen LogP contribution is -2.33. The van der Waals surface area contributed by atoms with Crippen LogP contribution in [0.2, 0.25) is 0 Å². The number of nitrogens with one attached hydrogen (secondary N) is 1. The monoisotopic (exact) mass is 244 g/mol. The molecule has 17 heavy (non-hydrogen) atoms. The highest BCUT2D eigenvalue weighted by molar-refractivity contribution is 5.93. The predicted molar refractivity (Wildman–Crippen MR) is 72.3 cm³/mol. The van der Waals surface area contributed by atoms with Crippen LogP contribution in [0.5, 0.6) is 0 Å². The van der Waals surface area contributed by atoms with Crippen LogP contribution < -0.4 is 5.32 Å². The van der Waals surface area contributed by atoms with Crippen LogP contribution in [0.25, 0.3) is 0 Å². The smallest absolute Gasteiger partial charge is 0.238 e. The van der Waals surface area contributed by atoms with Crippen molar-refractivity contribution in [3.63, 3.8) is 0 Å². The normalized spacial score (nSPS) is 22.5. The SMILES string of the molecule is [2H]C([2H])([2H])C([2H])([2H])N(CC(=O)Nc1cccc(C)c1C)C([2H])([2H])C([2H])([2H])[2H]. The second kappa shape index (κ2) is 6.40. The molecule has 1 aromatic rings. The molecule has 0 radical (unpaired) electrons. The molecule has 0 heterocycles. The molecule has 94 valence electrons. The zero-order chi connectivity index (χ0) is 21.4. The lowest BCUT2D eigenvalue weighted by atomic mass is 10.1. The molecule has 1 amide bonds. The van der Waals surface area contributed by atoms with Gasteiger partial charge in [-0.25, -0.2) is 0 Å². The molecule has 0 saturated carbocycles. The molecule has 0 spiro atoms. The molecule has 0 aliphatic carbocycles. The number of hydrogen-bond donors (Lipinski definition) is 1. The highest BCUT2D eigenvalue weighted by Crippen LogP contribution is 2.17. The number of nitrogens with zero attached hydrogens (tertiary/aromatic N) is 1. The number of benzene rings is 1. The Morgan fingerprint density at radius 3 is 2.76 bits per heavy atom. The molecule has 3 heteroatoms. The third-order valence-corrected chi connectivity index (χ3v) is 2.45. The highest BCUT2D eigenvalue weighted by Gasteiger charge is 2.09. The summed E-state index contributed by atoms with van der Waals surface area (Å²) in [6, 6.07) is 5.04. The van der Waals surface area contributed by atoms with Gasteiger partial charge in [0.2, 0.25) is 5.91 Å². The average molecular weight is 244 g/mol. The van der Waals surface area contributed by atoms with E-state index in [2.05, 4.69) is 5.32 Å².